The fourth-order valence-corrected chi connectivity index (χ4v) is 2.31. The van der Waals surface area contributed by atoms with Crippen LogP contribution in [0.1, 0.15) is 46.0 Å². The highest BCUT2D eigenvalue weighted by molar-refractivity contribution is 7.98. The van der Waals surface area contributed by atoms with Gasteiger partial charge >= 0.3 is 0 Å². The van der Waals surface area contributed by atoms with Gasteiger partial charge in [0.2, 0.25) is 0 Å². The smallest absolute Gasteiger partial charge is 0.191 e. The number of hydrazine groups is 1. The third-order valence-electron chi connectivity index (χ3n) is 3.05. The van der Waals surface area contributed by atoms with Gasteiger partial charge in [0.1, 0.15) is 11.6 Å². The fraction of sp³-hybridized carbons (Fsp3) is 0.714. The van der Waals surface area contributed by atoms with Crippen molar-refractivity contribution in [3.8, 4) is 0 Å². The molecule has 1 heterocycles. The topological polar surface area (TPSA) is 75.9 Å². The number of unbranched alkanes of at least 4 members (excludes halogenated alkanes) is 3. The van der Waals surface area contributed by atoms with E-state index in [9.17, 15) is 0 Å². The number of hydrogen-bond donors (Lipinski definition) is 3. The van der Waals surface area contributed by atoms with E-state index in [-0.39, 0.29) is 0 Å². The molecule has 0 bridgehead atoms. The minimum Gasteiger partial charge on any atom is -0.370 e. The monoisotopic (exact) mass is 297 g/mol. The molecule has 0 saturated carbocycles. The molecule has 114 valence electrons. The number of aromatic nitrogens is 2. The molecule has 0 atom stereocenters. The Labute approximate surface area is 126 Å². The van der Waals surface area contributed by atoms with Crippen LogP contribution in [0.25, 0.3) is 0 Å². The Morgan fingerprint density at radius 2 is 1.85 bits per heavy atom. The van der Waals surface area contributed by atoms with Crippen LogP contribution in [-0.2, 0) is 0 Å². The van der Waals surface area contributed by atoms with Crippen LogP contribution < -0.4 is 16.6 Å². The van der Waals surface area contributed by atoms with E-state index < -0.39 is 0 Å². The minimum absolute atomic E-state index is 0.642. The van der Waals surface area contributed by atoms with Crippen LogP contribution in [0.3, 0.4) is 0 Å². The largest absolute Gasteiger partial charge is 0.370 e. The average Bonchev–Trinajstić information content (AvgIpc) is 2.45. The van der Waals surface area contributed by atoms with Crippen LogP contribution in [0.4, 0.5) is 11.6 Å². The third-order valence-corrected chi connectivity index (χ3v) is 3.60. The first kappa shape index (κ1) is 17.0. The first-order chi connectivity index (χ1) is 9.65. The molecule has 5 nitrogen and oxygen atoms in total. The zero-order valence-electron chi connectivity index (χ0n) is 12.8. The van der Waals surface area contributed by atoms with Crippen LogP contribution >= 0.6 is 11.8 Å². The summed E-state index contributed by atoms with van der Waals surface area (Å²) in [6.07, 6.45) is 8.37. The summed E-state index contributed by atoms with van der Waals surface area (Å²) < 4.78 is 0. The summed E-state index contributed by atoms with van der Waals surface area (Å²) in [6.45, 7) is 5.50. The van der Waals surface area contributed by atoms with Crippen molar-refractivity contribution in [2.24, 2.45) is 11.8 Å². The minimum atomic E-state index is 0.642. The molecule has 0 aliphatic carbocycles. The predicted molar refractivity (Wildman–Crippen MR) is 88.0 cm³/mol. The molecule has 1 aromatic heterocycles. The summed E-state index contributed by atoms with van der Waals surface area (Å²) in [6, 6.07) is 1.83. The van der Waals surface area contributed by atoms with Crippen LogP contribution in [0.15, 0.2) is 11.2 Å². The molecule has 20 heavy (non-hydrogen) atoms. The molecule has 1 rings (SSSR count). The molecule has 0 unspecified atom stereocenters. The number of hydrogen-bond acceptors (Lipinski definition) is 6. The Kier molecular flexibility index (Phi) is 8.37. The summed E-state index contributed by atoms with van der Waals surface area (Å²) in [4.78, 5) is 8.63. The van der Waals surface area contributed by atoms with Crippen LogP contribution in [-0.4, -0.2) is 22.8 Å². The fourth-order valence-electron chi connectivity index (χ4n) is 1.93. The molecule has 0 fully saturated rings. The van der Waals surface area contributed by atoms with Crippen LogP contribution in [0, 0.1) is 5.92 Å². The van der Waals surface area contributed by atoms with Gasteiger partial charge in [-0.05, 0) is 18.6 Å². The highest BCUT2D eigenvalue weighted by Gasteiger charge is 2.02. The van der Waals surface area contributed by atoms with Gasteiger partial charge in [-0.3, -0.25) is 0 Å². The second-order valence-corrected chi connectivity index (χ2v) is 6.07. The number of nitrogens with two attached hydrogens (primary N) is 1. The molecule has 4 N–H and O–H groups in total. The third kappa shape index (κ3) is 6.96. The Bertz CT molecular complexity index is 362. The van der Waals surface area contributed by atoms with Crippen molar-refractivity contribution in [2.45, 2.75) is 51.1 Å². The van der Waals surface area contributed by atoms with Crippen molar-refractivity contribution in [3.05, 3.63) is 6.07 Å². The Morgan fingerprint density at radius 3 is 2.50 bits per heavy atom. The van der Waals surface area contributed by atoms with Gasteiger partial charge in [-0.1, -0.05) is 51.3 Å². The number of thioether (sulfide) groups is 1. The van der Waals surface area contributed by atoms with E-state index in [1.165, 1.54) is 43.9 Å². The molecule has 0 aliphatic rings. The zero-order valence-corrected chi connectivity index (χ0v) is 13.6. The first-order valence-corrected chi connectivity index (χ1v) is 8.51. The van der Waals surface area contributed by atoms with Crippen molar-refractivity contribution in [1.82, 2.24) is 9.97 Å². The number of anilines is 2. The Balaban J connectivity index is 2.24. The number of nitrogen functional groups attached to an aromatic ring is 1. The van der Waals surface area contributed by atoms with E-state index in [4.69, 9.17) is 5.84 Å². The quantitative estimate of drug-likeness (QED) is 0.202. The second-order valence-electron chi connectivity index (χ2n) is 5.29. The molecule has 0 amide bonds. The molecular formula is C14H27N5S. The maximum Gasteiger partial charge on any atom is 0.191 e. The maximum atomic E-state index is 5.40. The van der Waals surface area contributed by atoms with Crippen molar-refractivity contribution >= 4 is 23.4 Å². The first-order valence-electron chi connectivity index (χ1n) is 7.29. The number of nitrogens with zero attached hydrogens (tertiary/aromatic N) is 2. The van der Waals surface area contributed by atoms with E-state index >= 15 is 0 Å². The number of nitrogens with one attached hydrogen (secondary N) is 2. The summed E-state index contributed by atoms with van der Waals surface area (Å²) in [7, 11) is 0. The molecule has 0 radical (unpaired) electrons. The summed E-state index contributed by atoms with van der Waals surface area (Å²) in [5.74, 6) is 7.69. The normalized spacial score (nSPS) is 10.8. The van der Waals surface area contributed by atoms with Gasteiger partial charge in [0, 0.05) is 12.6 Å². The van der Waals surface area contributed by atoms with E-state index in [1.54, 1.807) is 0 Å². The van der Waals surface area contributed by atoms with E-state index in [2.05, 4.69) is 34.6 Å². The molecule has 0 spiro atoms. The SMILES string of the molecule is CSc1nc(NN)cc(NCCCCCCC(C)C)n1. The lowest BCUT2D eigenvalue weighted by atomic mass is 10.0. The lowest BCUT2D eigenvalue weighted by molar-refractivity contribution is 0.523. The van der Waals surface area contributed by atoms with Crippen molar-refractivity contribution < 1.29 is 0 Å². The predicted octanol–water partition coefficient (Wildman–Crippen LogP) is 3.50. The molecule has 6 heteroatoms. The summed E-state index contributed by atoms with van der Waals surface area (Å²) >= 11 is 1.51. The van der Waals surface area contributed by atoms with Gasteiger partial charge < -0.3 is 10.7 Å². The van der Waals surface area contributed by atoms with E-state index in [0.29, 0.717) is 5.82 Å². The maximum absolute atomic E-state index is 5.40. The van der Waals surface area contributed by atoms with Crippen LogP contribution in [0.5, 0.6) is 0 Å². The molecule has 0 saturated heterocycles. The van der Waals surface area contributed by atoms with Gasteiger partial charge in [0.15, 0.2) is 5.16 Å². The van der Waals surface area contributed by atoms with Crippen molar-refractivity contribution in [2.75, 3.05) is 23.5 Å². The standard InChI is InChI=1S/C14H27N5S/c1-11(2)8-6-4-5-7-9-16-12-10-13(19-15)18-14(17-12)20-3/h10-11H,4-9,15H2,1-3H3,(H2,16,17,18,19). The van der Waals surface area contributed by atoms with Gasteiger partial charge in [-0.25, -0.2) is 15.8 Å². The average molecular weight is 297 g/mol. The Hall–Kier alpha value is -1.01. The summed E-state index contributed by atoms with van der Waals surface area (Å²) in [5, 5.41) is 4.06. The van der Waals surface area contributed by atoms with Crippen molar-refractivity contribution in [3.63, 3.8) is 0 Å². The summed E-state index contributed by atoms with van der Waals surface area (Å²) in [5.41, 5.74) is 2.57. The van der Waals surface area contributed by atoms with Crippen molar-refractivity contribution in [1.29, 1.82) is 0 Å². The number of rotatable bonds is 10. The van der Waals surface area contributed by atoms with Crippen LogP contribution in [0.2, 0.25) is 0 Å². The molecule has 1 aromatic rings. The van der Waals surface area contributed by atoms with Gasteiger partial charge in [0.25, 0.3) is 0 Å². The Morgan fingerprint density at radius 1 is 1.15 bits per heavy atom. The van der Waals surface area contributed by atoms with Gasteiger partial charge in [-0.2, -0.15) is 0 Å². The second kappa shape index (κ2) is 9.83. The highest BCUT2D eigenvalue weighted by Crippen LogP contribution is 2.16. The van der Waals surface area contributed by atoms with Gasteiger partial charge in [-0.15, -0.1) is 0 Å². The lowest BCUT2D eigenvalue weighted by Gasteiger charge is -2.09. The highest BCUT2D eigenvalue weighted by atomic mass is 32.2. The zero-order chi connectivity index (χ0) is 14.8. The molecular weight excluding hydrogens is 270 g/mol. The van der Waals surface area contributed by atoms with E-state index in [0.717, 1.165) is 23.4 Å². The van der Waals surface area contributed by atoms with E-state index in [1.807, 2.05) is 12.3 Å². The molecule has 0 aromatic carbocycles. The van der Waals surface area contributed by atoms with Gasteiger partial charge in [0.05, 0.1) is 0 Å². The molecule has 0 aliphatic heterocycles. The lowest BCUT2D eigenvalue weighted by Crippen LogP contribution is -2.11.